The summed E-state index contributed by atoms with van der Waals surface area (Å²) in [6.45, 7) is 4.97. The molecule has 2 N–H and O–H groups in total. The molecule has 0 unspecified atom stereocenters. The van der Waals surface area contributed by atoms with E-state index in [1.165, 1.54) is 4.90 Å². The fraction of sp³-hybridized carbons (Fsp3) is 0.353. The van der Waals surface area contributed by atoms with Crippen molar-refractivity contribution in [3.05, 3.63) is 35.8 Å². The van der Waals surface area contributed by atoms with Crippen LogP contribution in [0.4, 0.5) is 10.6 Å². The number of carbonyl (C=O) groups is 2. The van der Waals surface area contributed by atoms with Gasteiger partial charge in [-0.3, -0.25) is 14.7 Å². The zero-order valence-electron chi connectivity index (χ0n) is 14.2. The molecule has 0 aromatic carbocycles. The molecular formula is C17H20N6O2. The van der Waals surface area contributed by atoms with Crippen molar-refractivity contribution in [1.82, 2.24) is 25.2 Å². The summed E-state index contributed by atoms with van der Waals surface area (Å²) >= 11 is 0. The Morgan fingerprint density at radius 3 is 2.80 bits per heavy atom. The van der Waals surface area contributed by atoms with Crippen molar-refractivity contribution in [2.75, 3.05) is 25.0 Å². The molecule has 0 radical (unpaired) electrons. The number of rotatable bonds is 6. The summed E-state index contributed by atoms with van der Waals surface area (Å²) in [5.41, 5.74) is 2.72. The number of imide groups is 1. The zero-order valence-corrected chi connectivity index (χ0v) is 14.2. The summed E-state index contributed by atoms with van der Waals surface area (Å²) < 4.78 is 0. The van der Waals surface area contributed by atoms with Crippen molar-refractivity contribution < 1.29 is 9.59 Å². The number of aromatic nitrogens is 3. The maximum atomic E-state index is 11.5. The third-order valence-corrected chi connectivity index (χ3v) is 4.10. The van der Waals surface area contributed by atoms with Gasteiger partial charge in [0.15, 0.2) is 5.82 Å². The van der Waals surface area contributed by atoms with Gasteiger partial charge in [-0.15, -0.1) is 0 Å². The Kier molecular flexibility index (Phi) is 4.87. The first-order valence-corrected chi connectivity index (χ1v) is 8.14. The van der Waals surface area contributed by atoms with Crippen molar-refractivity contribution in [3.63, 3.8) is 0 Å². The number of nitrogens with one attached hydrogen (secondary N) is 2. The molecule has 0 saturated carbocycles. The molecule has 25 heavy (non-hydrogen) atoms. The van der Waals surface area contributed by atoms with Crippen LogP contribution < -0.4 is 10.6 Å². The number of pyridine rings is 1. The third-order valence-electron chi connectivity index (χ3n) is 4.10. The van der Waals surface area contributed by atoms with Crippen molar-refractivity contribution in [3.8, 4) is 11.4 Å². The van der Waals surface area contributed by atoms with E-state index in [1.807, 2.05) is 26.0 Å². The average molecular weight is 340 g/mol. The molecule has 8 heteroatoms. The van der Waals surface area contributed by atoms with Gasteiger partial charge >= 0.3 is 6.03 Å². The normalized spacial score (nSPS) is 13.9. The summed E-state index contributed by atoms with van der Waals surface area (Å²) in [6, 6.07) is 3.44. The monoisotopic (exact) mass is 340 g/mol. The van der Waals surface area contributed by atoms with Gasteiger partial charge < -0.3 is 10.6 Å². The smallest absolute Gasteiger partial charge is 0.324 e. The van der Waals surface area contributed by atoms with Crippen LogP contribution in [0.25, 0.3) is 11.4 Å². The van der Waals surface area contributed by atoms with Crippen LogP contribution in [-0.4, -0.2) is 51.4 Å². The molecule has 1 saturated heterocycles. The largest absolute Gasteiger partial charge is 0.370 e. The fourth-order valence-electron chi connectivity index (χ4n) is 2.55. The second-order valence-electron chi connectivity index (χ2n) is 5.83. The molecule has 3 rings (SSSR count). The molecule has 1 fully saturated rings. The number of anilines is 1. The summed E-state index contributed by atoms with van der Waals surface area (Å²) in [7, 11) is 0. The molecule has 0 bridgehead atoms. The zero-order chi connectivity index (χ0) is 17.8. The van der Waals surface area contributed by atoms with Crippen molar-refractivity contribution in [2.24, 2.45) is 0 Å². The van der Waals surface area contributed by atoms with E-state index in [4.69, 9.17) is 0 Å². The van der Waals surface area contributed by atoms with E-state index in [0.29, 0.717) is 25.3 Å². The molecule has 2 aromatic heterocycles. The van der Waals surface area contributed by atoms with E-state index in [0.717, 1.165) is 22.6 Å². The molecule has 8 nitrogen and oxygen atoms in total. The Hall–Kier alpha value is -3.03. The highest BCUT2D eigenvalue weighted by Gasteiger charge is 2.27. The van der Waals surface area contributed by atoms with Gasteiger partial charge in [0.25, 0.3) is 0 Å². The maximum absolute atomic E-state index is 11.5. The number of carbonyl (C=O) groups excluding carboxylic acids is 2. The number of hydrogen-bond acceptors (Lipinski definition) is 6. The quantitative estimate of drug-likeness (QED) is 0.611. The lowest BCUT2D eigenvalue weighted by molar-refractivity contribution is -0.124. The van der Waals surface area contributed by atoms with Crippen molar-refractivity contribution in [1.29, 1.82) is 0 Å². The van der Waals surface area contributed by atoms with Gasteiger partial charge in [0, 0.05) is 42.3 Å². The third kappa shape index (κ3) is 3.73. The lowest BCUT2D eigenvalue weighted by atomic mass is 10.2. The van der Waals surface area contributed by atoms with Gasteiger partial charge in [0.2, 0.25) is 5.91 Å². The van der Waals surface area contributed by atoms with Crippen LogP contribution in [0.3, 0.4) is 0 Å². The van der Waals surface area contributed by atoms with Gasteiger partial charge in [-0.05, 0) is 32.4 Å². The molecule has 0 atom stereocenters. The Balaban J connectivity index is 1.65. The number of amides is 3. The molecular weight excluding hydrogens is 320 g/mol. The lowest BCUT2D eigenvalue weighted by Crippen LogP contribution is -2.32. The van der Waals surface area contributed by atoms with E-state index >= 15 is 0 Å². The molecule has 130 valence electrons. The summed E-state index contributed by atoms with van der Waals surface area (Å²) in [4.78, 5) is 37.5. The van der Waals surface area contributed by atoms with Crippen LogP contribution in [0.15, 0.2) is 24.5 Å². The number of nitrogens with zero attached hydrogens (tertiary/aromatic N) is 4. The second-order valence-corrected chi connectivity index (χ2v) is 5.83. The van der Waals surface area contributed by atoms with Crippen molar-refractivity contribution >= 4 is 17.8 Å². The lowest BCUT2D eigenvalue weighted by Gasteiger charge is -2.14. The van der Waals surface area contributed by atoms with Gasteiger partial charge in [-0.2, -0.15) is 0 Å². The summed E-state index contributed by atoms with van der Waals surface area (Å²) in [5.74, 6) is 1.19. The van der Waals surface area contributed by atoms with Gasteiger partial charge in [0.1, 0.15) is 5.82 Å². The first-order valence-electron chi connectivity index (χ1n) is 8.14. The number of aryl methyl sites for hydroxylation is 1. The van der Waals surface area contributed by atoms with E-state index in [2.05, 4.69) is 25.6 Å². The SMILES string of the molecule is Cc1nc(-c2cccnc2)nc(NCCCN2C(=O)CNC2=O)c1C. The molecule has 0 spiro atoms. The van der Waals surface area contributed by atoms with Gasteiger partial charge in [0.05, 0.1) is 6.54 Å². The summed E-state index contributed by atoms with van der Waals surface area (Å²) in [5, 5.41) is 5.79. The van der Waals surface area contributed by atoms with Crippen LogP contribution in [0.2, 0.25) is 0 Å². The Labute approximate surface area is 145 Å². The predicted octanol–water partition coefficient (Wildman–Crippen LogP) is 1.51. The first kappa shape index (κ1) is 16.8. The predicted molar refractivity (Wildman–Crippen MR) is 93.0 cm³/mol. The van der Waals surface area contributed by atoms with Crippen molar-refractivity contribution in [2.45, 2.75) is 20.3 Å². The number of hydrogen-bond donors (Lipinski definition) is 2. The number of urea groups is 1. The first-order chi connectivity index (χ1) is 12.1. The van der Waals surface area contributed by atoms with Crippen LogP contribution in [-0.2, 0) is 4.79 Å². The molecule has 2 aromatic rings. The van der Waals surface area contributed by atoms with Crippen LogP contribution in [0.1, 0.15) is 17.7 Å². The van der Waals surface area contributed by atoms with Gasteiger partial charge in [-0.1, -0.05) is 0 Å². The highest BCUT2D eigenvalue weighted by atomic mass is 16.2. The van der Waals surface area contributed by atoms with Crippen LogP contribution >= 0.6 is 0 Å². The second kappa shape index (κ2) is 7.25. The van der Waals surface area contributed by atoms with E-state index < -0.39 is 0 Å². The van der Waals surface area contributed by atoms with E-state index in [9.17, 15) is 9.59 Å². The minimum atomic E-state index is -0.321. The molecule has 3 heterocycles. The van der Waals surface area contributed by atoms with Crippen LogP contribution in [0, 0.1) is 13.8 Å². The fourth-order valence-corrected chi connectivity index (χ4v) is 2.55. The maximum Gasteiger partial charge on any atom is 0.324 e. The van der Waals surface area contributed by atoms with E-state index in [1.54, 1.807) is 12.4 Å². The molecule has 0 aliphatic carbocycles. The molecule has 1 aliphatic rings. The Morgan fingerprint density at radius 2 is 2.12 bits per heavy atom. The minimum absolute atomic E-state index is 0.0882. The Morgan fingerprint density at radius 1 is 1.28 bits per heavy atom. The highest BCUT2D eigenvalue weighted by Crippen LogP contribution is 2.21. The highest BCUT2D eigenvalue weighted by molar-refractivity contribution is 6.01. The average Bonchev–Trinajstić information content (AvgIpc) is 2.94. The molecule has 1 aliphatic heterocycles. The summed E-state index contributed by atoms with van der Waals surface area (Å²) in [6.07, 6.45) is 4.08. The minimum Gasteiger partial charge on any atom is -0.370 e. The van der Waals surface area contributed by atoms with Crippen LogP contribution in [0.5, 0.6) is 0 Å². The molecule has 3 amide bonds. The van der Waals surface area contributed by atoms with E-state index in [-0.39, 0.29) is 18.5 Å². The topological polar surface area (TPSA) is 100 Å². The standard InChI is InChI=1S/C17H20N6O2/c1-11-12(2)21-16(13-5-3-6-18-9-13)22-15(11)19-7-4-8-23-14(24)10-20-17(23)25/h3,5-6,9H,4,7-8,10H2,1-2H3,(H,20,25)(H,19,21,22). The van der Waals surface area contributed by atoms with Gasteiger partial charge in [-0.25, -0.2) is 14.8 Å². The Bertz CT molecular complexity index is 777.